The largest absolute Gasteiger partial charge is 0.335 e. The Hall–Kier alpha value is -0.730. The molecule has 98 valence electrons. The summed E-state index contributed by atoms with van der Waals surface area (Å²) in [5.41, 5.74) is 0. The normalized spacial score (nSPS) is 30.6. The van der Waals surface area contributed by atoms with Crippen LogP contribution in [-0.2, 0) is 0 Å². The minimum atomic E-state index is 0.183. The maximum absolute atomic E-state index is 12.2. The molecule has 1 heterocycles. The van der Waals surface area contributed by atoms with Crippen LogP contribution >= 0.6 is 0 Å². The van der Waals surface area contributed by atoms with E-state index in [4.69, 9.17) is 0 Å². The number of carbonyl (C=O) groups excluding carboxylic acids is 1. The summed E-state index contributed by atoms with van der Waals surface area (Å²) in [6.07, 6.45) is 8.54. The van der Waals surface area contributed by atoms with Crippen LogP contribution in [0.1, 0.15) is 58.8 Å². The zero-order chi connectivity index (χ0) is 12.3. The molecule has 0 aromatic carbocycles. The fourth-order valence-corrected chi connectivity index (χ4v) is 3.13. The minimum Gasteiger partial charge on any atom is -0.335 e. The average Bonchev–Trinajstić information content (AvgIpc) is 2.82. The van der Waals surface area contributed by atoms with Gasteiger partial charge >= 0.3 is 6.03 Å². The van der Waals surface area contributed by atoms with Gasteiger partial charge in [0, 0.05) is 18.6 Å². The van der Waals surface area contributed by atoms with Crippen LogP contribution in [0.3, 0.4) is 0 Å². The molecule has 1 saturated heterocycles. The van der Waals surface area contributed by atoms with Crippen molar-refractivity contribution in [2.24, 2.45) is 5.92 Å². The van der Waals surface area contributed by atoms with Gasteiger partial charge in [-0.2, -0.15) is 0 Å². The SMILES string of the molecule is CCC1CCC(C)N(C(=O)NC2CCCC2)C1. The second-order valence-electron chi connectivity index (χ2n) is 5.78. The van der Waals surface area contributed by atoms with Gasteiger partial charge in [0.15, 0.2) is 0 Å². The number of nitrogens with one attached hydrogen (secondary N) is 1. The highest BCUT2D eigenvalue weighted by molar-refractivity contribution is 5.75. The number of amides is 2. The van der Waals surface area contributed by atoms with Crippen LogP contribution in [0, 0.1) is 5.92 Å². The van der Waals surface area contributed by atoms with E-state index >= 15 is 0 Å². The highest BCUT2D eigenvalue weighted by Crippen LogP contribution is 2.25. The fraction of sp³-hybridized carbons (Fsp3) is 0.929. The first kappa shape index (κ1) is 12.7. The van der Waals surface area contributed by atoms with Gasteiger partial charge in [-0.3, -0.25) is 0 Å². The molecular formula is C14H26N2O. The van der Waals surface area contributed by atoms with E-state index in [0.717, 1.165) is 13.0 Å². The van der Waals surface area contributed by atoms with Gasteiger partial charge in [0.2, 0.25) is 0 Å². The van der Waals surface area contributed by atoms with E-state index in [1.54, 1.807) is 0 Å². The molecule has 2 amide bonds. The number of hydrogen-bond donors (Lipinski definition) is 1. The van der Waals surface area contributed by atoms with Gasteiger partial charge in [-0.15, -0.1) is 0 Å². The van der Waals surface area contributed by atoms with Gasteiger partial charge in [-0.1, -0.05) is 26.2 Å². The van der Waals surface area contributed by atoms with Crippen LogP contribution in [0.4, 0.5) is 4.79 Å². The highest BCUT2D eigenvalue weighted by atomic mass is 16.2. The number of urea groups is 1. The predicted molar refractivity (Wildman–Crippen MR) is 70.0 cm³/mol. The van der Waals surface area contributed by atoms with Crippen molar-refractivity contribution in [1.29, 1.82) is 0 Å². The fourth-order valence-electron chi connectivity index (χ4n) is 3.13. The first-order valence-corrected chi connectivity index (χ1v) is 7.27. The predicted octanol–water partition coefficient (Wildman–Crippen LogP) is 3.15. The van der Waals surface area contributed by atoms with Crippen molar-refractivity contribution in [3.63, 3.8) is 0 Å². The molecule has 2 aliphatic rings. The molecular weight excluding hydrogens is 212 g/mol. The van der Waals surface area contributed by atoms with Crippen LogP contribution in [0.25, 0.3) is 0 Å². The van der Waals surface area contributed by atoms with E-state index in [9.17, 15) is 4.79 Å². The molecule has 1 aliphatic heterocycles. The summed E-state index contributed by atoms with van der Waals surface area (Å²) in [5.74, 6) is 0.709. The Morgan fingerprint density at radius 2 is 1.94 bits per heavy atom. The van der Waals surface area contributed by atoms with E-state index in [0.29, 0.717) is 18.0 Å². The highest BCUT2D eigenvalue weighted by Gasteiger charge is 2.29. The maximum atomic E-state index is 12.2. The topological polar surface area (TPSA) is 32.3 Å². The van der Waals surface area contributed by atoms with Crippen LogP contribution in [0.15, 0.2) is 0 Å². The summed E-state index contributed by atoms with van der Waals surface area (Å²) in [6, 6.07) is 1.04. The van der Waals surface area contributed by atoms with Crippen molar-refractivity contribution in [1.82, 2.24) is 10.2 Å². The van der Waals surface area contributed by atoms with Crippen molar-refractivity contribution in [3.8, 4) is 0 Å². The van der Waals surface area contributed by atoms with Crippen molar-refractivity contribution >= 4 is 6.03 Å². The molecule has 2 unspecified atom stereocenters. The molecule has 3 nitrogen and oxygen atoms in total. The zero-order valence-electron chi connectivity index (χ0n) is 11.2. The Kier molecular flexibility index (Phi) is 4.30. The summed E-state index contributed by atoms with van der Waals surface area (Å²) in [4.78, 5) is 14.3. The lowest BCUT2D eigenvalue weighted by atomic mass is 9.92. The van der Waals surface area contributed by atoms with Crippen LogP contribution in [-0.4, -0.2) is 29.6 Å². The first-order valence-electron chi connectivity index (χ1n) is 7.27. The van der Waals surface area contributed by atoms with Crippen molar-refractivity contribution in [3.05, 3.63) is 0 Å². The average molecular weight is 238 g/mol. The van der Waals surface area contributed by atoms with Crippen molar-refractivity contribution in [2.45, 2.75) is 70.9 Å². The second kappa shape index (κ2) is 5.74. The summed E-state index contributed by atoms with van der Waals surface area (Å²) >= 11 is 0. The van der Waals surface area contributed by atoms with E-state index < -0.39 is 0 Å². The van der Waals surface area contributed by atoms with Gasteiger partial charge in [-0.05, 0) is 38.5 Å². The number of carbonyl (C=O) groups is 1. The number of rotatable bonds is 2. The minimum absolute atomic E-state index is 0.183. The summed E-state index contributed by atoms with van der Waals surface area (Å²) < 4.78 is 0. The number of likely N-dealkylation sites (tertiary alicyclic amines) is 1. The molecule has 1 N–H and O–H groups in total. The third kappa shape index (κ3) is 3.14. The Balaban J connectivity index is 1.87. The monoisotopic (exact) mass is 238 g/mol. The van der Waals surface area contributed by atoms with E-state index in [1.807, 2.05) is 0 Å². The van der Waals surface area contributed by atoms with Gasteiger partial charge in [0.25, 0.3) is 0 Å². The number of piperidine rings is 1. The Labute approximate surface area is 105 Å². The third-order valence-electron chi connectivity index (χ3n) is 4.50. The molecule has 2 fully saturated rings. The number of nitrogens with zero attached hydrogens (tertiary/aromatic N) is 1. The van der Waals surface area contributed by atoms with Gasteiger partial charge in [-0.25, -0.2) is 4.79 Å². The van der Waals surface area contributed by atoms with E-state index in [2.05, 4.69) is 24.1 Å². The lowest BCUT2D eigenvalue weighted by molar-refractivity contribution is 0.127. The Bertz CT molecular complexity index is 261. The zero-order valence-corrected chi connectivity index (χ0v) is 11.2. The molecule has 0 aromatic rings. The standard InChI is InChI=1S/C14H26N2O/c1-3-12-9-8-11(2)16(10-12)14(17)15-13-6-4-5-7-13/h11-13H,3-10H2,1-2H3,(H,15,17). The molecule has 2 rings (SSSR count). The number of hydrogen-bond acceptors (Lipinski definition) is 1. The quantitative estimate of drug-likeness (QED) is 0.787. The first-order chi connectivity index (χ1) is 8.20. The van der Waals surface area contributed by atoms with Crippen LogP contribution in [0.2, 0.25) is 0 Å². The van der Waals surface area contributed by atoms with E-state index in [-0.39, 0.29) is 6.03 Å². The van der Waals surface area contributed by atoms with Gasteiger partial charge in [0.05, 0.1) is 0 Å². The summed E-state index contributed by atoms with van der Waals surface area (Å²) in [7, 11) is 0. The molecule has 3 heteroatoms. The maximum Gasteiger partial charge on any atom is 0.317 e. The lowest BCUT2D eigenvalue weighted by Gasteiger charge is -2.38. The third-order valence-corrected chi connectivity index (χ3v) is 4.50. The van der Waals surface area contributed by atoms with Gasteiger partial charge < -0.3 is 10.2 Å². The molecule has 1 aliphatic carbocycles. The second-order valence-corrected chi connectivity index (χ2v) is 5.78. The lowest BCUT2D eigenvalue weighted by Crippen LogP contribution is -2.51. The molecule has 0 radical (unpaired) electrons. The molecule has 2 atom stereocenters. The molecule has 1 saturated carbocycles. The van der Waals surface area contributed by atoms with Crippen LogP contribution < -0.4 is 5.32 Å². The van der Waals surface area contributed by atoms with Crippen molar-refractivity contribution < 1.29 is 4.79 Å². The Morgan fingerprint density at radius 1 is 1.24 bits per heavy atom. The molecule has 17 heavy (non-hydrogen) atoms. The van der Waals surface area contributed by atoms with Gasteiger partial charge in [0.1, 0.15) is 0 Å². The molecule has 0 aromatic heterocycles. The summed E-state index contributed by atoms with van der Waals surface area (Å²) in [6.45, 7) is 5.37. The molecule has 0 spiro atoms. The molecule has 0 bridgehead atoms. The van der Waals surface area contributed by atoms with E-state index in [1.165, 1.54) is 38.5 Å². The Morgan fingerprint density at radius 3 is 2.59 bits per heavy atom. The van der Waals surface area contributed by atoms with Crippen molar-refractivity contribution in [2.75, 3.05) is 6.54 Å². The summed E-state index contributed by atoms with van der Waals surface area (Å²) in [5, 5.41) is 3.21. The smallest absolute Gasteiger partial charge is 0.317 e. The van der Waals surface area contributed by atoms with Crippen LogP contribution in [0.5, 0.6) is 0 Å².